The van der Waals surface area contributed by atoms with Crippen LogP contribution in [-0.2, 0) is 0 Å². The van der Waals surface area contributed by atoms with E-state index in [4.69, 9.17) is 5.73 Å². The van der Waals surface area contributed by atoms with Crippen molar-refractivity contribution < 1.29 is 4.39 Å². The van der Waals surface area contributed by atoms with Crippen LogP contribution in [-0.4, -0.2) is 12.2 Å². The normalized spacial score (nSPS) is 18.0. The van der Waals surface area contributed by atoms with E-state index in [0.29, 0.717) is 5.92 Å². The zero-order valence-electron chi connectivity index (χ0n) is 6.45. The van der Waals surface area contributed by atoms with Crippen molar-refractivity contribution in [3.63, 3.8) is 0 Å². The van der Waals surface area contributed by atoms with Crippen LogP contribution >= 0.6 is 0 Å². The number of hydrogen-bond donors (Lipinski definition) is 1. The summed E-state index contributed by atoms with van der Waals surface area (Å²) < 4.78 is 12.0. The molecule has 9 heavy (non-hydrogen) atoms. The largest absolute Gasteiger partial charge is 0.323 e. The summed E-state index contributed by atoms with van der Waals surface area (Å²) in [6.07, 6.45) is 0.753. The Morgan fingerprint density at radius 2 is 2.00 bits per heavy atom. The van der Waals surface area contributed by atoms with E-state index in [1.807, 2.05) is 13.8 Å². The monoisotopic (exact) mass is 133 g/mol. The van der Waals surface area contributed by atoms with Crippen molar-refractivity contribution in [3.05, 3.63) is 0 Å². The Bertz CT molecular complexity index is 79.0. The molecule has 1 atom stereocenters. The third-order valence-corrected chi connectivity index (χ3v) is 1.18. The number of nitrogens with two attached hydrogens (primary N) is 1. The molecule has 0 unspecified atom stereocenters. The van der Waals surface area contributed by atoms with Crippen molar-refractivity contribution in [2.45, 2.75) is 32.7 Å². The van der Waals surface area contributed by atoms with Gasteiger partial charge in [-0.05, 0) is 19.3 Å². The van der Waals surface area contributed by atoms with Crippen LogP contribution in [0.5, 0.6) is 0 Å². The standard InChI is InChI=1S/C7H16FN/c1-6(2)4-7(3,9)5-8/h6H,4-5,9H2,1-3H3/t7-/m0/s1. The quantitative estimate of drug-likeness (QED) is 0.623. The van der Waals surface area contributed by atoms with Gasteiger partial charge in [-0.3, -0.25) is 0 Å². The van der Waals surface area contributed by atoms with Crippen LogP contribution in [0, 0.1) is 5.92 Å². The molecule has 0 saturated carbocycles. The minimum absolute atomic E-state index is 0.425. The van der Waals surface area contributed by atoms with Gasteiger partial charge in [0.2, 0.25) is 0 Å². The van der Waals surface area contributed by atoms with E-state index in [-0.39, 0.29) is 0 Å². The second kappa shape index (κ2) is 3.16. The highest BCUT2D eigenvalue weighted by molar-refractivity contribution is 4.78. The van der Waals surface area contributed by atoms with Gasteiger partial charge in [0.05, 0.1) is 0 Å². The highest BCUT2D eigenvalue weighted by atomic mass is 19.1. The van der Waals surface area contributed by atoms with Crippen LogP contribution < -0.4 is 5.73 Å². The number of alkyl halides is 1. The van der Waals surface area contributed by atoms with Gasteiger partial charge in [-0.2, -0.15) is 0 Å². The minimum atomic E-state index is -0.603. The molecule has 56 valence electrons. The zero-order valence-corrected chi connectivity index (χ0v) is 6.45. The summed E-state index contributed by atoms with van der Waals surface area (Å²) in [6, 6.07) is 0. The van der Waals surface area contributed by atoms with Gasteiger partial charge in [-0.25, -0.2) is 4.39 Å². The zero-order chi connectivity index (χ0) is 7.49. The van der Waals surface area contributed by atoms with E-state index in [9.17, 15) is 4.39 Å². The van der Waals surface area contributed by atoms with E-state index in [1.54, 1.807) is 6.92 Å². The maximum atomic E-state index is 12.0. The predicted octanol–water partition coefficient (Wildman–Crippen LogP) is 1.72. The van der Waals surface area contributed by atoms with Gasteiger partial charge in [-0.15, -0.1) is 0 Å². The Morgan fingerprint density at radius 3 is 2.11 bits per heavy atom. The summed E-state index contributed by atoms with van der Waals surface area (Å²) in [5.41, 5.74) is 4.94. The van der Waals surface area contributed by atoms with Crippen molar-refractivity contribution >= 4 is 0 Å². The van der Waals surface area contributed by atoms with E-state index >= 15 is 0 Å². The fourth-order valence-electron chi connectivity index (χ4n) is 0.987. The van der Waals surface area contributed by atoms with Gasteiger partial charge in [0, 0.05) is 5.54 Å². The van der Waals surface area contributed by atoms with Crippen molar-refractivity contribution in [3.8, 4) is 0 Å². The molecule has 0 fully saturated rings. The van der Waals surface area contributed by atoms with Crippen molar-refractivity contribution in [1.82, 2.24) is 0 Å². The number of halogens is 1. The van der Waals surface area contributed by atoms with Crippen molar-refractivity contribution in [2.75, 3.05) is 6.67 Å². The SMILES string of the molecule is CC(C)C[C@](C)(N)CF. The van der Waals surface area contributed by atoms with Gasteiger partial charge < -0.3 is 5.73 Å². The minimum Gasteiger partial charge on any atom is -0.323 e. The van der Waals surface area contributed by atoms with E-state index in [2.05, 4.69) is 0 Å². The number of rotatable bonds is 3. The van der Waals surface area contributed by atoms with Gasteiger partial charge >= 0.3 is 0 Å². The highest BCUT2D eigenvalue weighted by Gasteiger charge is 2.18. The Labute approximate surface area is 56.4 Å². The Kier molecular flexibility index (Phi) is 3.12. The molecule has 0 rings (SSSR count). The molecular weight excluding hydrogens is 117 g/mol. The number of hydrogen-bond acceptors (Lipinski definition) is 1. The first-order chi connectivity index (χ1) is 3.98. The third kappa shape index (κ3) is 4.40. The molecular formula is C7H16FN. The fraction of sp³-hybridized carbons (Fsp3) is 1.00. The summed E-state index contributed by atoms with van der Waals surface area (Å²) in [5.74, 6) is 0.482. The molecule has 0 aromatic heterocycles. The molecule has 0 aromatic carbocycles. The molecule has 0 saturated heterocycles. The molecule has 0 aliphatic heterocycles. The average molecular weight is 133 g/mol. The second-order valence-corrected chi connectivity index (χ2v) is 3.39. The summed E-state index contributed by atoms with van der Waals surface area (Å²) >= 11 is 0. The molecule has 2 heteroatoms. The molecule has 0 amide bonds. The van der Waals surface area contributed by atoms with Gasteiger partial charge in [0.25, 0.3) is 0 Å². The molecule has 1 nitrogen and oxygen atoms in total. The first-order valence-corrected chi connectivity index (χ1v) is 3.33. The Balaban J connectivity index is 3.58. The summed E-state index contributed by atoms with van der Waals surface area (Å²) in [6.45, 7) is 5.40. The topological polar surface area (TPSA) is 26.0 Å². The molecule has 0 bridgehead atoms. The average Bonchev–Trinajstić information content (AvgIpc) is 1.63. The first kappa shape index (κ1) is 8.89. The molecule has 0 spiro atoms. The Morgan fingerprint density at radius 1 is 1.56 bits per heavy atom. The lowest BCUT2D eigenvalue weighted by atomic mass is 9.93. The van der Waals surface area contributed by atoms with Gasteiger partial charge in [0.15, 0.2) is 0 Å². The summed E-state index contributed by atoms with van der Waals surface area (Å²) in [4.78, 5) is 0. The molecule has 2 N–H and O–H groups in total. The van der Waals surface area contributed by atoms with Gasteiger partial charge in [0.1, 0.15) is 6.67 Å². The first-order valence-electron chi connectivity index (χ1n) is 3.33. The Hall–Kier alpha value is -0.110. The van der Waals surface area contributed by atoms with E-state index in [1.165, 1.54) is 0 Å². The molecule has 0 aliphatic carbocycles. The molecule has 0 heterocycles. The smallest absolute Gasteiger partial charge is 0.107 e. The van der Waals surface area contributed by atoms with Crippen LogP contribution in [0.1, 0.15) is 27.2 Å². The van der Waals surface area contributed by atoms with Crippen LogP contribution in [0.15, 0.2) is 0 Å². The second-order valence-electron chi connectivity index (χ2n) is 3.39. The van der Waals surface area contributed by atoms with Gasteiger partial charge in [-0.1, -0.05) is 13.8 Å². The molecule has 0 radical (unpaired) electrons. The third-order valence-electron chi connectivity index (χ3n) is 1.18. The van der Waals surface area contributed by atoms with Crippen LogP contribution in [0.4, 0.5) is 4.39 Å². The maximum absolute atomic E-state index is 12.0. The maximum Gasteiger partial charge on any atom is 0.107 e. The molecule has 0 aliphatic rings. The lowest BCUT2D eigenvalue weighted by Gasteiger charge is -2.22. The van der Waals surface area contributed by atoms with Crippen LogP contribution in [0.25, 0.3) is 0 Å². The van der Waals surface area contributed by atoms with Crippen LogP contribution in [0.3, 0.4) is 0 Å². The van der Waals surface area contributed by atoms with Crippen LogP contribution in [0.2, 0.25) is 0 Å². The van der Waals surface area contributed by atoms with E-state index in [0.717, 1.165) is 6.42 Å². The molecule has 0 aromatic rings. The lowest BCUT2D eigenvalue weighted by molar-refractivity contribution is 0.282. The van der Waals surface area contributed by atoms with Crippen molar-refractivity contribution in [2.24, 2.45) is 11.7 Å². The fourth-order valence-corrected chi connectivity index (χ4v) is 0.987. The van der Waals surface area contributed by atoms with Crippen molar-refractivity contribution in [1.29, 1.82) is 0 Å². The van der Waals surface area contributed by atoms with E-state index < -0.39 is 12.2 Å². The lowest BCUT2D eigenvalue weighted by Crippen LogP contribution is -2.39. The predicted molar refractivity (Wildman–Crippen MR) is 38.0 cm³/mol. The summed E-state index contributed by atoms with van der Waals surface area (Å²) in [5, 5.41) is 0. The summed E-state index contributed by atoms with van der Waals surface area (Å²) in [7, 11) is 0. The highest BCUT2D eigenvalue weighted by Crippen LogP contribution is 2.13.